The van der Waals surface area contributed by atoms with Crippen molar-refractivity contribution in [1.29, 1.82) is 0 Å². The van der Waals surface area contributed by atoms with Crippen molar-refractivity contribution in [2.75, 3.05) is 5.32 Å². The van der Waals surface area contributed by atoms with Crippen molar-refractivity contribution in [2.45, 2.75) is 31.8 Å². The number of hydrogen-bond acceptors (Lipinski definition) is 2. The SMILES string of the molecule is O=C(Nc1ccc(CC2CCC(O)C2)cc1)c1ccc(Cl)cc1. The van der Waals surface area contributed by atoms with Gasteiger partial charge in [0, 0.05) is 16.3 Å². The van der Waals surface area contributed by atoms with Gasteiger partial charge in [-0.2, -0.15) is 0 Å². The lowest BCUT2D eigenvalue weighted by molar-refractivity contribution is 0.102. The molecule has 0 aromatic heterocycles. The number of benzene rings is 2. The summed E-state index contributed by atoms with van der Waals surface area (Å²) in [5.74, 6) is 0.424. The van der Waals surface area contributed by atoms with Gasteiger partial charge >= 0.3 is 0 Å². The summed E-state index contributed by atoms with van der Waals surface area (Å²) in [6.07, 6.45) is 3.77. The van der Waals surface area contributed by atoms with Crippen molar-refractivity contribution in [3.05, 3.63) is 64.7 Å². The number of halogens is 1. The third-order valence-electron chi connectivity index (χ3n) is 4.36. The van der Waals surface area contributed by atoms with Gasteiger partial charge in [0.25, 0.3) is 5.91 Å². The molecule has 1 aliphatic rings. The van der Waals surface area contributed by atoms with Crippen LogP contribution in [0.15, 0.2) is 48.5 Å². The van der Waals surface area contributed by atoms with Crippen LogP contribution in [0.2, 0.25) is 5.02 Å². The molecule has 4 heteroatoms. The third-order valence-corrected chi connectivity index (χ3v) is 4.61. The van der Waals surface area contributed by atoms with Crippen molar-refractivity contribution < 1.29 is 9.90 Å². The number of aliphatic hydroxyl groups excluding tert-OH is 1. The Hall–Kier alpha value is -1.84. The highest BCUT2D eigenvalue weighted by Crippen LogP contribution is 2.28. The highest BCUT2D eigenvalue weighted by Gasteiger charge is 2.22. The monoisotopic (exact) mass is 329 g/mol. The van der Waals surface area contributed by atoms with Crippen LogP contribution in [0.1, 0.15) is 35.2 Å². The first kappa shape index (κ1) is 16.0. The average molecular weight is 330 g/mol. The van der Waals surface area contributed by atoms with E-state index in [1.165, 1.54) is 5.56 Å². The second-order valence-corrected chi connectivity index (χ2v) is 6.63. The van der Waals surface area contributed by atoms with Crippen LogP contribution in [0.3, 0.4) is 0 Å². The fourth-order valence-corrected chi connectivity index (χ4v) is 3.22. The van der Waals surface area contributed by atoms with E-state index in [0.717, 1.165) is 31.4 Å². The van der Waals surface area contributed by atoms with Crippen molar-refractivity contribution in [1.82, 2.24) is 0 Å². The highest BCUT2D eigenvalue weighted by molar-refractivity contribution is 6.30. The molecular formula is C19H20ClNO2. The normalized spacial score (nSPS) is 20.4. The summed E-state index contributed by atoms with van der Waals surface area (Å²) < 4.78 is 0. The van der Waals surface area contributed by atoms with E-state index in [4.69, 9.17) is 11.6 Å². The van der Waals surface area contributed by atoms with Crippen LogP contribution in [0, 0.1) is 5.92 Å². The summed E-state index contributed by atoms with van der Waals surface area (Å²) in [4.78, 5) is 12.1. The fourth-order valence-electron chi connectivity index (χ4n) is 3.10. The predicted octanol–water partition coefficient (Wildman–Crippen LogP) is 4.30. The number of hydrogen-bond donors (Lipinski definition) is 2. The number of carbonyl (C=O) groups excluding carboxylic acids is 1. The van der Waals surface area contributed by atoms with Gasteiger partial charge in [0.15, 0.2) is 0 Å². The van der Waals surface area contributed by atoms with Gasteiger partial charge < -0.3 is 10.4 Å². The van der Waals surface area contributed by atoms with Crippen LogP contribution in [0.25, 0.3) is 0 Å². The largest absolute Gasteiger partial charge is 0.393 e. The number of amides is 1. The van der Waals surface area contributed by atoms with Crippen molar-refractivity contribution >= 4 is 23.2 Å². The summed E-state index contributed by atoms with van der Waals surface area (Å²) in [5, 5.41) is 13.1. The first-order valence-corrected chi connectivity index (χ1v) is 8.32. The number of nitrogens with one attached hydrogen (secondary N) is 1. The van der Waals surface area contributed by atoms with Crippen LogP contribution >= 0.6 is 11.6 Å². The van der Waals surface area contributed by atoms with E-state index in [1.807, 2.05) is 24.3 Å². The minimum absolute atomic E-state index is 0.127. The van der Waals surface area contributed by atoms with Crippen LogP contribution in [-0.2, 0) is 6.42 Å². The molecule has 0 heterocycles. The Morgan fingerprint density at radius 3 is 2.39 bits per heavy atom. The van der Waals surface area contributed by atoms with Crippen molar-refractivity contribution in [2.24, 2.45) is 5.92 Å². The molecule has 120 valence electrons. The molecular weight excluding hydrogens is 310 g/mol. The molecule has 1 aliphatic carbocycles. The van der Waals surface area contributed by atoms with Crippen LogP contribution in [0.4, 0.5) is 5.69 Å². The van der Waals surface area contributed by atoms with E-state index in [2.05, 4.69) is 5.32 Å². The molecule has 0 aliphatic heterocycles. The molecule has 1 amide bonds. The maximum Gasteiger partial charge on any atom is 0.255 e. The molecule has 2 atom stereocenters. The van der Waals surface area contributed by atoms with Gasteiger partial charge in [0.1, 0.15) is 0 Å². The smallest absolute Gasteiger partial charge is 0.255 e. The van der Waals surface area contributed by atoms with E-state index in [0.29, 0.717) is 16.5 Å². The number of carbonyl (C=O) groups is 1. The van der Waals surface area contributed by atoms with E-state index < -0.39 is 0 Å². The lowest BCUT2D eigenvalue weighted by atomic mass is 9.98. The molecule has 0 spiro atoms. The van der Waals surface area contributed by atoms with Gasteiger partial charge in [-0.1, -0.05) is 23.7 Å². The molecule has 2 N–H and O–H groups in total. The zero-order valence-electron chi connectivity index (χ0n) is 12.8. The molecule has 0 radical (unpaired) electrons. The average Bonchev–Trinajstić information content (AvgIpc) is 2.95. The molecule has 2 aromatic rings. The summed E-state index contributed by atoms with van der Waals surface area (Å²) >= 11 is 5.83. The van der Waals surface area contributed by atoms with Crippen LogP contribution in [0.5, 0.6) is 0 Å². The number of aliphatic hydroxyl groups is 1. The fraction of sp³-hybridized carbons (Fsp3) is 0.316. The Morgan fingerprint density at radius 2 is 1.78 bits per heavy atom. The molecule has 1 saturated carbocycles. The van der Waals surface area contributed by atoms with Gasteiger partial charge in [-0.25, -0.2) is 0 Å². The quantitative estimate of drug-likeness (QED) is 0.878. The van der Waals surface area contributed by atoms with Crippen LogP contribution < -0.4 is 5.32 Å². The molecule has 2 aromatic carbocycles. The van der Waals surface area contributed by atoms with E-state index in [1.54, 1.807) is 24.3 Å². The van der Waals surface area contributed by atoms with E-state index in [9.17, 15) is 9.90 Å². The minimum Gasteiger partial charge on any atom is -0.393 e. The second kappa shape index (κ2) is 7.16. The van der Waals surface area contributed by atoms with Crippen molar-refractivity contribution in [3.63, 3.8) is 0 Å². The van der Waals surface area contributed by atoms with Gasteiger partial charge in [-0.3, -0.25) is 4.79 Å². The van der Waals surface area contributed by atoms with Crippen molar-refractivity contribution in [3.8, 4) is 0 Å². The lowest BCUT2D eigenvalue weighted by Crippen LogP contribution is -2.11. The number of anilines is 1. The second-order valence-electron chi connectivity index (χ2n) is 6.19. The standard InChI is InChI=1S/C19H20ClNO2/c20-16-6-4-15(5-7-16)19(23)21-17-8-1-13(2-9-17)11-14-3-10-18(22)12-14/h1-2,4-9,14,18,22H,3,10-12H2,(H,21,23). The molecule has 1 fully saturated rings. The third kappa shape index (κ3) is 4.34. The minimum atomic E-state index is -0.145. The first-order valence-electron chi connectivity index (χ1n) is 7.94. The molecule has 0 bridgehead atoms. The Morgan fingerprint density at radius 1 is 1.09 bits per heavy atom. The predicted molar refractivity (Wildman–Crippen MR) is 92.9 cm³/mol. The molecule has 23 heavy (non-hydrogen) atoms. The first-order chi connectivity index (χ1) is 11.1. The van der Waals surface area contributed by atoms with E-state index >= 15 is 0 Å². The maximum absolute atomic E-state index is 12.1. The van der Waals surface area contributed by atoms with Gasteiger partial charge in [0.05, 0.1) is 6.10 Å². The summed E-state index contributed by atoms with van der Waals surface area (Å²) in [6.45, 7) is 0. The topological polar surface area (TPSA) is 49.3 Å². The van der Waals surface area contributed by atoms with Gasteiger partial charge in [-0.05, 0) is 73.6 Å². The Labute approximate surface area is 141 Å². The van der Waals surface area contributed by atoms with Gasteiger partial charge in [0.2, 0.25) is 0 Å². The summed E-state index contributed by atoms with van der Waals surface area (Å²) in [5.41, 5.74) is 2.60. The molecule has 0 saturated heterocycles. The van der Waals surface area contributed by atoms with Gasteiger partial charge in [-0.15, -0.1) is 0 Å². The Balaban J connectivity index is 1.58. The lowest BCUT2D eigenvalue weighted by Gasteiger charge is -2.10. The van der Waals surface area contributed by atoms with E-state index in [-0.39, 0.29) is 12.0 Å². The Bertz CT molecular complexity index is 667. The highest BCUT2D eigenvalue weighted by atomic mass is 35.5. The molecule has 3 nitrogen and oxygen atoms in total. The van der Waals surface area contributed by atoms with Crippen LogP contribution in [-0.4, -0.2) is 17.1 Å². The number of rotatable bonds is 4. The molecule has 3 rings (SSSR count). The summed E-state index contributed by atoms with van der Waals surface area (Å²) in [7, 11) is 0. The molecule has 2 unspecified atom stereocenters. The maximum atomic E-state index is 12.1. The Kier molecular flexibility index (Phi) is 4.99. The zero-order valence-corrected chi connectivity index (χ0v) is 13.6. The zero-order chi connectivity index (χ0) is 16.2. The summed E-state index contributed by atoms with van der Waals surface area (Å²) in [6, 6.07) is 14.8.